The summed E-state index contributed by atoms with van der Waals surface area (Å²) in [6.07, 6.45) is 2.94. The molecule has 0 aliphatic rings. The number of likely N-dealkylation sites (N-methyl/N-ethyl adjacent to an activating group) is 1. The van der Waals surface area contributed by atoms with E-state index in [1.165, 1.54) is 0 Å². The third-order valence-corrected chi connectivity index (χ3v) is 4.05. The Morgan fingerprint density at radius 1 is 1.28 bits per heavy atom. The molecular formula is C15H26N2O. The van der Waals surface area contributed by atoms with Crippen molar-refractivity contribution in [3.63, 3.8) is 0 Å². The highest BCUT2D eigenvalue weighted by Crippen LogP contribution is 2.25. The minimum Gasteiger partial charge on any atom is -0.391 e. The van der Waals surface area contributed by atoms with Crippen molar-refractivity contribution in [3.05, 3.63) is 30.1 Å². The van der Waals surface area contributed by atoms with Crippen molar-refractivity contribution in [2.45, 2.75) is 52.2 Å². The van der Waals surface area contributed by atoms with Crippen LogP contribution in [-0.4, -0.2) is 39.7 Å². The van der Waals surface area contributed by atoms with Crippen molar-refractivity contribution in [1.82, 2.24) is 9.88 Å². The molecule has 0 spiro atoms. The van der Waals surface area contributed by atoms with Gasteiger partial charge in [0.05, 0.1) is 6.10 Å². The fourth-order valence-corrected chi connectivity index (χ4v) is 2.55. The van der Waals surface area contributed by atoms with E-state index in [0.717, 1.165) is 25.2 Å². The first-order chi connectivity index (χ1) is 8.58. The lowest BCUT2D eigenvalue weighted by atomic mass is 9.86. The van der Waals surface area contributed by atoms with E-state index in [1.54, 1.807) is 6.20 Å². The summed E-state index contributed by atoms with van der Waals surface area (Å²) >= 11 is 0. The molecule has 1 aromatic heterocycles. The summed E-state index contributed by atoms with van der Waals surface area (Å²) in [7, 11) is 0. The van der Waals surface area contributed by atoms with Gasteiger partial charge in [0.15, 0.2) is 0 Å². The van der Waals surface area contributed by atoms with Gasteiger partial charge in [-0.3, -0.25) is 9.88 Å². The van der Waals surface area contributed by atoms with Gasteiger partial charge in [-0.05, 0) is 38.6 Å². The fraction of sp³-hybridized carbons (Fsp3) is 0.667. The highest BCUT2D eigenvalue weighted by molar-refractivity contribution is 5.07. The van der Waals surface area contributed by atoms with E-state index in [2.05, 4.69) is 37.6 Å². The average molecular weight is 250 g/mol. The van der Waals surface area contributed by atoms with Gasteiger partial charge in [-0.2, -0.15) is 0 Å². The molecule has 0 saturated heterocycles. The molecule has 1 heterocycles. The Morgan fingerprint density at radius 2 is 1.94 bits per heavy atom. The zero-order valence-electron chi connectivity index (χ0n) is 12.1. The monoisotopic (exact) mass is 250 g/mol. The minimum atomic E-state index is -0.391. The Labute approximate surface area is 111 Å². The third-order valence-electron chi connectivity index (χ3n) is 4.05. The Morgan fingerprint density at radius 3 is 2.39 bits per heavy atom. The molecule has 2 unspecified atom stereocenters. The smallest absolute Gasteiger partial charge is 0.0776 e. The van der Waals surface area contributed by atoms with Crippen LogP contribution in [0.4, 0.5) is 0 Å². The number of rotatable bonds is 7. The molecule has 18 heavy (non-hydrogen) atoms. The molecule has 0 aliphatic carbocycles. The van der Waals surface area contributed by atoms with Crippen LogP contribution in [0, 0.1) is 0 Å². The number of aromatic nitrogens is 1. The molecule has 1 rings (SSSR count). The van der Waals surface area contributed by atoms with Crippen LogP contribution in [0.5, 0.6) is 0 Å². The molecule has 102 valence electrons. The molecule has 1 N–H and O–H groups in total. The van der Waals surface area contributed by atoms with Gasteiger partial charge in [-0.1, -0.05) is 26.8 Å². The van der Waals surface area contributed by atoms with Crippen molar-refractivity contribution in [2.24, 2.45) is 0 Å². The normalized spacial score (nSPS) is 16.6. The Balaban J connectivity index is 2.81. The van der Waals surface area contributed by atoms with Crippen LogP contribution in [0.25, 0.3) is 0 Å². The van der Waals surface area contributed by atoms with E-state index in [9.17, 15) is 5.11 Å². The Kier molecular flexibility index (Phi) is 5.76. The summed E-state index contributed by atoms with van der Waals surface area (Å²) in [6.45, 7) is 10.5. The number of hydrogen-bond donors (Lipinski definition) is 1. The summed E-state index contributed by atoms with van der Waals surface area (Å²) in [4.78, 5) is 6.63. The maximum Gasteiger partial charge on any atom is 0.0776 e. The van der Waals surface area contributed by atoms with Crippen LogP contribution in [0.3, 0.4) is 0 Å². The second kappa shape index (κ2) is 6.86. The first kappa shape index (κ1) is 15.1. The van der Waals surface area contributed by atoms with E-state index in [1.807, 2.05) is 18.2 Å². The van der Waals surface area contributed by atoms with Gasteiger partial charge < -0.3 is 5.11 Å². The lowest BCUT2D eigenvalue weighted by molar-refractivity contribution is -0.0194. The summed E-state index contributed by atoms with van der Waals surface area (Å²) in [5.41, 5.74) is 0.776. The minimum absolute atomic E-state index is 0.180. The largest absolute Gasteiger partial charge is 0.391 e. The molecule has 0 bridgehead atoms. The fourth-order valence-electron chi connectivity index (χ4n) is 2.55. The predicted octanol–water partition coefficient (Wildman–Crippen LogP) is 2.50. The number of pyridine rings is 1. The standard InChI is InChI=1S/C15H26N2O/c1-5-15(4,17(6-2)7-3)14(18)12-13-10-8-9-11-16-13/h8-11,14,18H,5-7,12H2,1-4H3. The van der Waals surface area contributed by atoms with Crippen LogP contribution in [0.1, 0.15) is 39.8 Å². The average Bonchev–Trinajstić information content (AvgIpc) is 2.40. The van der Waals surface area contributed by atoms with E-state index < -0.39 is 6.10 Å². The number of aliphatic hydroxyl groups excluding tert-OH is 1. The second-order valence-corrected chi connectivity index (χ2v) is 4.92. The van der Waals surface area contributed by atoms with Gasteiger partial charge in [0.1, 0.15) is 0 Å². The van der Waals surface area contributed by atoms with Gasteiger partial charge in [0.25, 0.3) is 0 Å². The van der Waals surface area contributed by atoms with Crippen molar-refractivity contribution in [2.75, 3.05) is 13.1 Å². The van der Waals surface area contributed by atoms with Gasteiger partial charge in [-0.25, -0.2) is 0 Å². The summed E-state index contributed by atoms with van der Waals surface area (Å²) in [6, 6.07) is 5.84. The molecule has 0 fully saturated rings. The highest BCUT2D eigenvalue weighted by Gasteiger charge is 2.35. The van der Waals surface area contributed by atoms with Crippen molar-refractivity contribution in [3.8, 4) is 0 Å². The zero-order chi connectivity index (χ0) is 13.6. The van der Waals surface area contributed by atoms with Crippen LogP contribution >= 0.6 is 0 Å². The van der Waals surface area contributed by atoms with Crippen molar-refractivity contribution < 1.29 is 5.11 Å². The Bertz CT molecular complexity index is 338. The molecule has 2 atom stereocenters. The summed E-state index contributed by atoms with van der Waals surface area (Å²) < 4.78 is 0. The lowest BCUT2D eigenvalue weighted by Crippen LogP contribution is -2.55. The first-order valence-electron chi connectivity index (χ1n) is 6.91. The first-order valence-corrected chi connectivity index (χ1v) is 6.91. The topological polar surface area (TPSA) is 36.4 Å². The van der Waals surface area contributed by atoms with E-state index in [-0.39, 0.29) is 5.54 Å². The zero-order valence-corrected chi connectivity index (χ0v) is 12.1. The van der Waals surface area contributed by atoms with Crippen LogP contribution < -0.4 is 0 Å². The van der Waals surface area contributed by atoms with Crippen molar-refractivity contribution in [1.29, 1.82) is 0 Å². The van der Waals surface area contributed by atoms with E-state index in [4.69, 9.17) is 0 Å². The molecule has 0 aliphatic heterocycles. The molecule has 1 aromatic rings. The number of nitrogens with zero attached hydrogens (tertiary/aromatic N) is 2. The van der Waals surface area contributed by atoms with Crippen LogP contribution in [0.2, 0.25) is 0 Å². The molecule has 0 amide bonds. The number of hydrogen-bond acceptors (Lipinski definition) is 3. The van der Waals surface area contributed by atoms with Gasteiger partial charge in [-0.15, -0.1) is 0 Å². The van der Waals surface area contributed by atoms with Gasteiger partial charge in [0.2, 0.25) is 0 Å². The predicted molar refractivity (Wildman–Crippen MR) is 75.6 cm³/mol. The molecule has 3 heteroatoms. The maximum absolute atomic E-state index is 10.6. The summed E-state index contributed by atoms with van der Waals surface area (Å²) in [5, 5.41) is 10.6. The lowest BCUT2D eigenvalue weighted by Gasteiger charge is -2.43. The molecule has 0 radical (unpaired) electrons. The molecule has 0 aromatic carbocycles. The van der Waals surface area contributed by atoms with Gasteiger partial charge in [0, 0.05) is 23.9 Å². The van der Waals surface area contributed by atoms with E-state index in [0.29, 0.717) is 6.42 Å². The van der Waals surface area contributed by atoms with Gasteiger partial charge >= 0.3 is 0 Å². The molecule has 3 nitrogen and oxygen atoms in total. The molecular weight excluding hydrogens is 224 g/mol. The van der Waals surface area contributed by atoms with E-state index >= 15 is 0 Å². The molecule has 0 saturated carbocycles. The quantitative estimate of drug-likeness (QED) is 0.807. The second-order valence-electron chi connectivity index (χ2n) is 4.92. The maximum atomic E-state index is 10.6. The Hall–Kier alpha value is -0.930. The van der Waals surface area contributed by atoms with Crippen LogP contribution in [-0.2, 0) is 6.42 Å². The highest BCUT2D eigenvalue weighted by atomic mass is 16.3. The van der Waals surface area contributed by atoms with Crippen molar-refractivity contribution >= 4 is 0 Å². The number of aliphatic hydroxyl groups is 1. The third kappa shape index (κ3) is 3.30. The van der Waals surface area contributed by atoms with Crippen LogP contribution in [0.15, 0.2) is 24.4 Å². The summed E-state index contributed by atoms with van der Waals surface area (Å²) in [5.74, 6) is 0. The SMILES string of the molecule is CCN(CC)C(C)(CC)C(O)Cc1ccccn1.